The molecule has 0 bridgehead atoms. The fourth-order valence-electron chi connectivity index (χ4n) is 7.57. The largest absolute Gasteiger partial charge is 0.472 e. The number of esters is 1. The summed E-state index contributed by atoms with van der Waals surface area (Å²) in [5.74, 6) is -0.577. The maximum Gasteiger partial charge on any atom is 0.472 e. The third kappa shape index (κ3) is 51.6. The Bertz CT molecular complexity index is 1600. The van der Waals surface area contributed by atoms with Crippen LogP contribution in [0.3, 0.4) is 0 Å². The Morgan fingerprint density at radius 3 is 1.35 bits per heavy atom. The zero-order valence-electron chi connectivity index (χ0n) is 46.9. The van der Waals surface area contributed by atoms with Crippen molar-refractivity contribution in [3.63, 3.8) is 0 Å². The van der Waals surface area contributed by atoms with Crippen molar-refractivity contribution in [2.24, 2.45) is 0 Å². The van der Waals surface area contributed by atoms with E-state index < -0.39 is 20.0 Å². The van der Waals surface area contributed by atoms with Crippen LogP contribution in [-0.4, -0.2) is 74.3 Å². The lowest BCUT2D eigenvalue weighted by molar-refractivity contribution is -0.870. The average molecular weight is 1020 g/mol. The van der Waals surface area contributed by atoms with Crippen molar-refractivity contribution in [1.29, 1.82) is 0 Å². The molecule has 0 fully saturated rings. The standard InChI is InChI=1S/C62H107N2O7P/c1-7-10-13-16-19-22-25-28-30-31-32-33-34-36-39-42-45-48-51-54-61(65)63-59(58-70-72(67,68)69-57-56-64(4,5)6)60(53-50-47-44-41-38-35-27-24-21-18-15-12-9-3)71-62(66)55-52-49-46-43-40-37-29-26-23-20-17-14-11-8-2/h10-11,13-14,19-20,22-23,28-30,32-33,36-37,39,50,53,59-60H,7-9,12,15-18,21,24-27,31,34-35,38,40-49,51-52,54-58H2,1-6H3,(H-,63,65,67,68)/p+1/b13-10-,14-11+,22-19-,23-20+,30-28-,33-32-,37-29+,39-36-,53-50-. The first-order valence-corrected chi connectivity index (χ1v) is 30.2. The van der Waals surface area contributed by atoms with Crippen LogP contribution in [0.1, 0.15) is 220 Å². The fourth-order valence-corrected chi connectivity index (χ4v) is 8.30. The van der Waals surface area contributed by atoms with Crippen LogP contribution in [0.4, 0.5) is 0 Å². The lowest BCUT2D eigenvalue weighted by atomic mass is 10.0. The van der Waals surface area contributed by atoms with Gasteiger partial charge < -0.3 is 19.4 Å². The Kier molecular flexibility index (Phi) is 48.8. The number of hydrogen-bond acceptors (Lipinski definition) is 6. The van der Waals surface area contributed by atoms with Gasteiger partial charge in [0.15, 0.2) is 0 Å². The number of nitrogens with zero attached hydrogens (tertiary/aromatic N) is 1. The zero-order valence-corrected chi connectivity index (χ0v) is 47.8. The minimum atomic E-state index is -4.47. The molecule has 9 nitrogen and oxygen atoms in total. The molecule has 412 valence electrons. The second-order valence-corrected chi connectivity index (χ2v) is 21.5. The molecule has 3 unspecified atom stereocenters. The molecule has 72 heavy (non-hydrogen) atoms. The molecule has 2 N–H and O–H groups in total. The van der Waals surface area contributed by atoms with Gasteiger partial charge in [0.1, 0.15) is 19.3 Å². The lowest BCUT2D eigenvalue weighted by Gasteiger charge is -2.27. The first kappa shape index (κ1) is 68.7. The zero-order chi connectivity index (χ0) is 52.9. The van der Waals surface area contributed by atoms with Gasteiger partial charge in [-0.05, 0) is 109 Å². The van der Waals surface area contributed by atoms with Crippen LogP contribution in [0.2, 0.25) is 0 Å². The Labute approximate surface area is 442 Å². The van der Waals surface area contributed by atoms with Crippen molar-refractivity contribution in [3.8, 4) is 0 Å². The summed E-state index contributed by atoms with van der Waals surface area (Å²) in [5, 5.41) is 3.02. The van der Waals surface area contributed by atoms with Gasteiger partial charge >= 0.3 is 13.8 Å². The van der Waals surface area contributed by atoms with Crippen LogP contribution in [0.15, 0.2) is 109 Å². The van der Waals surface area contributed by atoms with Crippen LogP contribution in [0.5, 0.6) is 0 Å². The van der Waals surface area contributed by atoms with E-state index in [4.69, 9.17) is 13.8 Å². The van der Waals surface area contributed by atoms with Crippen molar-refractivity contribution in [2.75, 3.05) is 40.9 Å². The summed E-state index contributed by atoms with van der Waals surface area (Å²) in [5.41, 5.74) is 0. The highest BCUT2D eigenvalue weighted by Crippen LogP contribution is 2.43. The van der Waals surface area contributed by atoms with E-state index in [1.165, 1.54) is 57.8 Å². The van der Waals surface area contributed by atoms with Gasteiger partial charge in [0, 0.05) is 12.8 Å². The summed E-state index contributed by atoms with van der Waals surface area (Å²) in [6, 6.07) is -0.881. The van der Waals surface area contributed by atoms with E-state index in [0.717, 1.165) is 116 Å². The summed E-state index contributed by atoms with van der Waals surface area (Å²) in [7, 11) is 1.44. The fraction of sp³-hybridized carbons (Fsp3) is 0.677. The molecule has 0 aromatic carbocycles. The molecule has 0 heterocycles. The molecule has 0 radical (unpaired) electrons. The Balaban J connectivity index is 5.46. The van der Waals surface area contributed by atoms with Crippen LogP contribution in [-0.2, 0) is 27.9 Å². The molecule has 0 saturated heterocycles. The minimum Gasteiger partial charge on any atom is -0.456 e. The summed E-state index contributed by atoms with van der Waals surface area (Å²) >= 11 is 0. The molecule has 1 amide bonds. The third-order valence-electron chi connectivity index (χ3n) is 12.0. The minimum absolute atomic E-state index is 0.0238. The Hall–Kier alpha value is -3.33. The highest BCUT2D eigenvalue weighted by molar-refractivity contribution is 7.47. The van der Waals surface area contributed by atoms with Crippen molar-refractivity contribution >= 4 is 19.7 Å². The van der Waals surface area contributed by atoms with E-state index >= 15 is 0 Å². The van der Waals surface area contributed by atoms with Gasteiger partial charge in [-0.3, -0.25) is 18.6 Å². The molecule has 0 spiro atoms. The normalized spacial score (nSPS) is 14.6. The number of unbranched alkanes of at least 4 members (excludes halogenated alkanes) is 18. The monoisotopic (exact) mass is 1020 g/mol. The number of carbonyl (C=O) groups excluding carboxylic acids is 2. The van der Waals surface area contributed by atoms with Crippen molar-refractivity contribution in [3.05, 3.63) is 109 Å². The second-order valence-electron chi connectivity index (χ2n) is 20.0. The van der Waals surface area contributed by atoms with Gasteiger partial charge in [-0.2, -0.15) is 0 Å². The second kappa shape index (κ2) is 51.2. The van der Waals surface area contributed by atoms with Gasteiger partial charge in [0.05, 0.1) is 33.8 Å². The average Bonchev–Trinajstić information content (AvgIpc) is 3.34. The summed E-state index contributed by atoms with van der Waals surface area (Å²) in [6.07, 6.45) is 69.4. The molecule has 0 aromatic rings. The van der Waals surface area contributed by atoms with Crippen LogP contribution in [0, 0.1) is 0 Å². The Morgan fingerprint density at radius 2 is 0.889 bits per heavy atom. The molecule has 0 saturated carbocycles. The number of hydrogen-bond donors (Lipinski definition) is 2. The number of ether oxygens (including phenoxy) is 1. The van der Waals surface area contributed by atoms with Gasteiger partial charge in [-0.15, -0.1) is 0 Å². The maximum absolute atomic E-state index is 13.5. The molecular weight excluding hydrogens is 916 g/mol. The molecule has 3 atom stereocenters. The van der Waals surface area contributed by atoms with E-state index in [1.807, 2.05) is 33.3 Å². The molecule has 0 aliphatic heterocycles. The van der Waals surface area contributed by atoms with Gasteiger partial charge in [-0.1, -0.05) is 208 Å². The predicted octanol–water partition coefficient (Wildman–Crippen LogP) is 17.4. The predicted molar refractivity (Wildman–Crippen MR) is 309 cm³/mol. The summed E-state index contributed by atoms with van der Waals surface area (Å²) < 4.78 is 30.6. The van der Waals surface area contributed by atoms with E-state index in [9.17, 15) is 19.0 Å². The van der Waals surface area contributed by atoms with Crippen molar-refractivity contribution < 1.29 is 37.3 Å². The van der Waals surface area contributed by atoms with Crippen molar-refractivity contribution in [2.45, 2.75) is 232 Å². The first-order valence-electron chi connectivity index (χ1n) is 28.7. The van der Waals surface area contributed by atoms with E-state index in [2.05, 4.69) is 123 Å². The maximum atomic E-state index is 13.5. The molecule has 0 aromatic heterocycles. The van der Waals surface area contributed by atoms with Crippen LogP contribution in [0.25, 0.3) is 0 Å². The van der Waals surface area contributed by atoms with Crippen LogP contribution < -0.4 is 5.32 Å². The number of quaternary nitrogens is 1. The Morgan fingerprint density at radius 1 is 0.500 bits per heavy atom. The topological polar surface area (TPSA) is 111 Å². The number of phosphoric ester groups is 1. The number of likely N-dealkylation sites (N-methyl/N-ethyl adjacent to an activating group) is 1. The van der Waals surface area contributed by atoms with E-state index in [1.54, 1.807) is 0 Å². The number of carbonyl (C=O) groups is 2. The highest BCUT2D eigenvalue weighted by Gasteiger charge is 2.30. The molecule has 0 aliphatic carbocycles. The van der Waals surface area contributed by atoms with Gasteiger partial charge in [0.25, 0.3) is 0 Å². The van der Waals surface area contributed by atoms with Gasteiger partial charge in [0.2, 0.25) is 5.91 Å². The number of amides is 1. The molecular formula is C62H108N2O7P+. The smallest absolute Gasteiger partial charge is 0.456 e. The molecule has 0 aliphatic rings. The summed E-state index contributed by atoms with van der Waals surface area (Å²) in [4.78, 5) is 37.6. The third-order valence-corrected chi connectivity index (χ3v) is 12.9. The first-order chi connectivity index (χ1) is 34.9. The number of rotatable bonds is 50. The summed E-state index contributed by atoms with van der Waals surface area (Å²) in [6.45, 7) is 6.72. The highest BCUT2D eigenvalue weighted by atomic mass is 31.2. The quantitative estimate of drug-likeness (QED) is 0.0205. The van der Waals surface area contributed by atoms with Crippen molar-refractivity contribution in [1.82, 2.24) is 5.32 Å². The van der Waals surface area contributed by atoms with E-state index in [-0.39, 0.29) is 37.9 Å². The lowest BCUT2D eigenvalue weighted by Crippen LogP contribution is -2.47. The molecule has 10 heteroatoms. The number of nitrogens with one attached hydrogen (secondary N) is 1. The number of phosphoric acid groups is 1. The number of allylic oxidation sites excluding steroid dienone is 17. The van der Waals surface area contributed by atoms with E-state index in [0.29, 0.717) is 23.9 Å². The van der Waals surface area contributed by atoms with Crippen LogP contribution >= 0.6 is 7.82 Å². The molecule has 0 rings (SSSR count). The van der Waals surface area contributed by atoms with Gasteiger partial charge in [-0.25, -0.2) is 4.57 Å². The SMILES string of the molecule is CC/C=C\C/C=C\C/C=C\C/C=C\C/C=C\CCCCCC(=O)NC(COP(=O)(O)OCC[N+](C)(C)C)C(/C=C\CCCCCCCCCCCCC)OC(=O)CCCCCC/C=C/C/C=C/C/C=C/CC.